The van der Waals surface area contributed by atoms with Crippen molar-refractivity contribution in [2.75, 3.05) is 32.8 Å². The number of hydrogen-bond donors (Lipinski definition) is 2. The Morgan fingerprint density at radius 3 is 2.60 bits per heavy atom. The maximum absolute atomic E-state index is 11.4. The molecule has 1 aromatic rings. The van der Waals surface area contributed by atoms with Crippen LogP contribution < -0.4 is 5.32 Å². The fourth-order valence-corrected chi connectivity index (χ4v) is 2.43. The summed E-state index contributed by atoms with van der Waals surface area (Å²) in [6, 6.07) is 9.12. The summed E-state index contributed by atoms with van der Waals surface area (Å²) in [7, 11) is 0. The molecule has 1 aliphatic rings. The van der Waals surface area contributed by atoms with Crippen molar-refractivity contribution in [1.29, 1.82) is 0 Å². The maximum atomic E-state index is 11.4. The Balaban J connectivity index is 2.03. The molecule has 0 aromatic heterocycles. The van der Waals surface area contributed by atoms with Crippen LogP contribution in [0.15, 0.2) is 30.3 Å². The highest BCUT2D eigenvalue weighted by Crippen LogP contribution is 2.17. The normalized spacial score (nSPS) is 19.3. The zero-order chi connectivity index (χ0) is 14.4. The summed E-state index contributed by atoms with van der Waals surface area (Å²) in [5.41, 5.74) is 0.819. The van der Waals surface area contributed by atoms with E-state index in [1.807, 2.05) is 30.3 Å². The number of nitrogens with zero attached hydrogens (tertiary/aromatic N) is 1. The van der Waals surface area contributed by atoms with Gasteiger partial charge in [0.2, 0.25) is 5.91 Å². The smallest absolute Gasteiger partial charge is 0.217 e. The Morgan fingerprint density at radius 2 is 2.00 bits per heavy atom. The van der Waals surface area contributed by atoms with Crippen LogP contribution in [0.25, 0.3) is 0 Å². The van der Waals surface area contributed by atoms with E-state index >= 15 is 0 Å². The lowest BCUT2D eigenvalue weighted by Crippen LogP contribution is -2.49. The van der Waals surface area contributed by atoms with Gasteiger partial charge in [-0.3, -0.25) is 9.69 Å². The van der Waals surface area contributed by atoms with Crippen molar-refractivity contribution in [2.45, 2.75) is 19.1 Å². The van der Waals surface area contributed by atoms with Crippen LogP contribution in [0.4, 0.5) is 0 Å². The zero-order valence-corrected chi connectivity index (χ0v) is 11.8. The van der Waals surface area contributed by atoms with Gasteiger partial charge in [-0.05, 0) is 5.56 Å². The molecule has 0 aliphatic carbocycles. The fourth-order valence-electron chi connectivity index (χ4n) is 2.43. The fraction of sp³-hybridized carbons (Fsp3) is 0.533. The number of hydrogen-bond acceptors (Lipinski definition) is 4. The summed E-state index contributed by atoms with van der Waals surface area (Å²) in [5, 5.41) is 13.3. The van der Waals surface area contributed by atoms with Crippen LogP contribution in [-0.2, 0) is 9.53 Å². The molecular formula is C15H22N2O3. The Labute approximate surface area is 119 Å². The van der Waals surface area contributed by atoms with Gasteiger partial charge in [0.25, 0.3) is 0 Å². The van der Waals surface area contributed by atoms with E-state index in [2.05, 4.69) is 10.2 Å². The summed E-state index contributed by atoms with van der Waals surface area (Å²) in [6.45, 7) is 5.17. The summed E-state index contributed by atoms with van der Waals surface area (Å²) >= 11 is 0. The van der Waals surface area contributed by atoms with Crippen molar-refractivity contribution in [1.82, 2.24) is 10.2 Å². The molecule has 0 spiro atoms. The van der Waals surface area contributed by atoms with E-state index in [-0.39, 0.29) is 11.9 Å². The number of benzene rings is 1. The lowest BCUT2D eigenvalue weighted by Gasteiger charge is -2.32. The van der Waals surface area contributed by atoms with E-state index in [0.29, 0.717) is 19.8 Å². The zero-order valence-electron chi connectivity index (χ0n) is 11.8. The molecular weight excluding hydrogens is 256 g/mol. The predicted octanol–water partition coefficient (Wildman–Crippen LogP) is 0.557. The second-order valence-electron chi connectivity index (χ2n) is 5.08. The number of amides is 1. The molecule has 20 heavy (non-hydrogen) atoms. The number of aliphatic hydroxyl groups is 1. The van der Waals surface area contributed by atoms with Gasteiger partial charge in [-0.2, -0.15) is 0 Å². The largest absolute Gasteiger partial charge is 0.386 e. The minimum Gasteiger partial charge on any atom is -0.386 e. The van der Waals surface area contributed by atoms with Crippen molar-refractivity contribution in [2.24, 2.45) is 0 Å². The van der Waals surface area contributed by atoms with Crippen molar-refractivity contribution in [3.8, 4) is 0 Å². The van der Waals surface area contributed by atoms with Crippen LogP contribution in [0.3, 0.4) is 0 Å². The summed E-state index contributed by atoms with van der Waals surface area (Å²) < 4.78 is 5.32. The third-order valence-corrected chi connectivity index (χ3v) is 3.47. The van der Waals surface area contributed by atoms with E-state index in [1.165, 1.54) is 6.92 Å². The Morgan fingerprint density at radius 1 is 1.35 bits per heavy atom. The standard InChI is InChI=1S/C15H22N2O3/c1-12(18)16-14(11-17-7-9-20-10-8-17)15(19)13-5-3-2-4-6-13/h2-6,14-15,19H,7-11H2,1H3,(H,16,18)/t14-,15-/m1/s1. The Hall–Kier alpha value is -1.43. The van der Waals surface area contributed by atoms with E-state index in [9.17, 15) is 9.90 Å². The van der Waals surface area contributed by atoms with Gasteiger partial charge in [-0.25, -0.2) is 0 Å². The van der Waals surface area contributed by atoms with E-state index in [0.717, 1.165) is 18.7 Å². The van der Waals surface area contributed by atoms with Gasteiger partial charge in [-0.15, -0.1) is 0 Å². The lowest BCUT2D eigenvalue weighted by atomic mass is 10.0. The average molecular weight is 278 g/mol. The Bertz CT molecular complexity index is 418. The van der Waals surface area contributed by atoms with Gasteiger partial charge in [-0.1, -0.05) is 30.3 Å². The molecule has 110 valence electrons. The molecule has 2 atom stereocenters. The van der Waals surface area contributed by atoms with Gasteiger partial charge >= 0.3 is 0 Å². The number of nitrogens with one attached hydrogen (secondary N) is 1. The van der Waals surface area contributed by atoms with Crippen LogP contribution in [0.1, 0.15) is 18.6 Å². The molecule has 1 fully saturated rings. The minimum absolute atomic E-state index is 0.127. The molecule has 0 saturated carbocycles. The SMILES string of the molecule is CC(=O)N[C@H](CN1CCOCC1)[C@H](O)c1ccccc1. The average Bonchev–Trinajstić information content (AvgIpc) is 2.47. The van der Waals surface area contributed by atoms with Crippen molar-refractivity contribution in [3.05, 3.63) is 35.9 Å². The number of aliphatic hydroxyl groups excluding tert-OH is 1. The molecule has 2 N–H and O–H groups in total. The van der Waals surface area contributed by atoms with Crippen LogP contribution in [-0.4, -0.2) is 54.8 Å². The first-order valence-electron chi connectivity index (χ1n) is 6.97. The summed E-state index contributed by atoms with van der Waals surface area (Å²) in [6.07, 6.45) is -0.706. The van der Waals surface area contributed by atoms with Gasteiger partial charge in [0, 0.05) is 26.6 Å². The summed E-state index contributed by atoms with van der Waals surface area (Å²) in [5.74, 6) is -0.127. The molecule has 0 radical (unpaired) electrons. The predicted molar refractivity (Wildman–Crippen MR) is 76.3 cm³/mol. The molecule has 5 nitrogen and oxygen atoms in total. The number of ether oxygens (including phenoxy) is 1. The number of carbonyl (C=O) groups excluding carboxylic acids is 1. The molecule has 0 bridgehead atoms. The molecule has 2 rings (SSSR count). The molecule has 1 aromatic carbocycles. The molecule has 1 aliphatic heterocycles. The van der Waals surface area contributed by atoms with Crippen LogP contribution in [0.2, 0.25) is 0 Å². The van der Waals surface area contributed by atoms with Crippen LogP contribution in [0.5, 0.6) is 0 Å². The van der Waals surface area contributed by atoms with Gasteiger partial charge < -0.3 is 15.2 Å². The summed E-state index contributed by atoms with van der Waals surface area (Å²) in [4.78, 5) is 13.6. The first-order chi connectivity index (χ1) is 9.66. The molecule has 1 heterocycles. The second-order valence-corrected chi connectivity index (χ2v) is 5.08. The van der Waals surface area contributed by atoms with Gasteiger partial charge in [0.1, 0.15) is 6.10 Å². The minimum atomic E-state index is -0.706. The van der Waals surface area contributed by atoms with Crippen molar-refractivity contribution >= 4 is 5.91 Å². The monoisotopic (exact) mass is 278 g/mol. The molecule has 5 heteroatoms. The van der Waals surface area contributed by atoms with Crippen LogP contribution in [0, 0.1) is 0 Å². The van der Waals surface area contributed by atoms with Gasteiger partial charge in [0.15, 0.2) is 0 Å². The lowest BCUT2D eigenvalue weighted by molar-refractivity contribution is -0.120. The number of carbonyl (C=O) groups is 1. The van der Waals surface area contributed by atoms with E-state index < -0.39 is 6.10 Å². The number of morpholine rings is 1. The third-order valence-electron chi connectivity index (χ3n) is 3.47. The first-order valence-corrected chi connectivity index (χ1v) is 6.97. The van der Waals surface area contributed by atoms with E-state index in [1.54, 1.807) is 0 Å². The van der Waals surface area contributed by atoms with Crippen LogP contribution >= 0.6 is 0 Å². The first kappa shape index (κ1) is 15.0. The third kappa shape index (κ3) is 4.30. The highest BCUT2D eigenvalue weighted by molar-refractivity contribution is 5.73. The van der Waals surface area contributed by atoms with Gasteiger partial charge in [0.05, 0.1) is 19.3 Å². The highest BCUT2D eigenvalue weighted by atomic mass is 16.5. The highest BCUT2D eigenvalue weighted by Gasteiger charge is 2.25. The quantitative estimate of drug-likeness (QED) is 0.826. The Kier molecular flexibility index (Phi) is 5.52. The maximum Gasteiger partial charge on any atom is 0.217 e. The topological polar surface area (TPSA) is 61.8 Å². The van der Waals surface area contributed by atoms with Crippen molar-refractivity contribution < 1.29 is 14.6 Å². The molecule has 1 saturated heterocycles. The van der Waals surface area contributed by atoms with E-state index in [4.69, 9.17) is 4.74 Å². The number of rotatable bonds is 5. The van der Waals surface area contributed by atoms with Crippen molar-refractivity contribution in [3.63, 3.8) is 0 Å². The second kappa shape index (κ2) is 7.38. The molecule has 1 amide bonds. The molecule has 0 unspecified atom stereocenters.